The molecule has 0 aromatic rings. The predicted molar refractivity (Wildman–Crippen MR) is 124 cm³/mol. The smallest absolute Gasteiger partial charge is 0.335 e. The lowest BCUT2D eigenvalue weighted by Gasteiger charge is -2.23. The van der Waals surface area contributed by atoms with E-state index in [0.29, 0.717) is 0 Å². The van der Waals surface area contributed by atoms with Crippen molar-refractivity contribution in [3.05, 3.63) is 12.3 Å². The standard InChI is InChI=1S/C24H45NO7/c1-2-3-4-5-6-7-8-9-10-11-12-13-14-15-16-17-18-25-23(30)21(28)19(26)20(27)22(29)24(31)32/h17-22,26-29H,2-16H2,1H3,(H,25,30)(H,31,32). The molecule has 8 nitrogen and oxygen atoms in total. The molecule has 6 N–H and O–H groups in total. The van der Waals surface area contributed by atoms with Crippen molar-refractivity contribution in [3.8, 4) is 0 Å². The van der Waals surface area contributed by atoms with Gasteiger partial charge in [-0.15, -0.1) is 0 Å². The number of nitrogens with one attached hydrogen (secondary N) is 1. The highest BCUT2D eigenvalue weighted by Gasteiger charge is 2.37. The Balaban J connectivity index is 3.64. The molecule has 0 spiro atoms. The van der Waals surface area contributed by atoms with Crippen LogP contribution in [-0.2, 0) is 9.59 Å². The summed E-state index contributed by atoms with van der Waals surface area (Å²) in [6.07, 6.45) is 13.2. The van der Waals surface area contributed by atoms with E-state index < -0.39 is 36.3 Å². The number of hydrogen-bond acceptors (Lipinski definition) is 6. The zero-order valence-electron chi connectivity index (χ0n) is 19.6. The SMILES string of the molecule is CCCCCCCCCCCCCCCCC=CNC(=O)C(O)C(O)C(O)C(O)C(=O)O. The van der Waals surface area contributed by atoms with Crippen LogP contribution in [0, 0.1) is 0 Å². The van der Waals surface area contributed by atoms with Gasteiger partial charge in [0.2, 0.25) is 0 Å². The fourth-order valence-electron chi connectivity index (χ4n) is 3.44. The van der Waals surface area contributed by atoms with E-state index in [2.05, 4.69) is 12.2 Å². The minimum Gasteiger partial charge on any atom is -0.479 e. The number of allylic oxidation sites excluding steroid dienone is 1. The lowest BCUT2D eigenvalue weighted by Crippen LogP contribution is -2.52. The number of carbonyl (C=O) groups excluding carboxylic acids is 1. The van der Waals surface area contributed by atoms with Gasteiger partial charge in [-0.25, -0.2) is 4.79 Å². The molecule has 188 valence electrons. The quantitative estimate of drug-likeness (QED) is 0.145. The summed E-state index contributed by atoms with van der Waals surface area (Å²) in [5, 5.41) is 48.7. The van der Waals surface area contributed by atoms with Crippen molar-refractivity contribution in [1.82, 2.24) is 5.32 Å². The second kappa shape index (κ2) is 20.1. The zero-order chi connectivity index (χ0) is 24.2. The van der Waals surface area contributed by atoms with Crippen LogP contribution in [0.4, 0.5) is 0 Å². The van der Waals surface area contributed by atoms with Crippen LogP contribution >= 0.6 is 0 Å². The molecular formula is C24H45NO7. The number of aliphatic hydroxyl groups is 4. The van der Waals surface area contributed by atoms with E-state index in [0.717, 1.165) is 19.3 Å². The first-order chi connectivity index (χ1) is 15.3. The van der Waals surface area contributed by atoms with Gasteiger partial charge in [0.1, 0.15) is 12.2 Å². The van der Waals surface area contributed by atoms with Crippen molar-refractivity contribution in [2.45, 2.75) is 128 Å². The molecule has 0 rings (SSSR count). The highest BCUT2D eigenvalue weighted by molar-refractivity contribution is 5.82. The average Bonchev–Trinajstić information content (AvgIpc) is 2.78. The molecule has 0 radical (unpaired) electrons. The Morgan fingerprint density at radius 3 is 1.53 bits per heavy atom. The molecule has 0 fully saturated rings. The lowest BCUT2D eigenvalue weighted by atomic mass is 10.0. The molecule has 32 heavy (non-hydrogen) atoms. The molecule has 4 unspecified atom stereocenters. The second-order valence-corrected chi connectivity index (χ2v) is 8.50. The van der Waals surface area contributed by atoms with Crippen LogP contribution in [0.1, 0.15) is 103 Å². The third-order valence-electron chi connectivity index (χ3n) is 5.59. The number of carboxylic acid groups (broad SMARTS) is 1. The molecule has 1 amide bonds. The summed E-state index contributed by atoms with van der Waals surface area (Å²) in [7, 11) is 0. The third kappa shape index (κ3) is 15.3. The number of aliphatic hydroxyl groups excluding tert-OH is 4. The van der Waals surface area contributed by atoms with Crippen LogP contribution in [0.3, 0.4) is 0 Å². The Labute approximate surface area is 192 Å². The van der Waals surface area contributed by atoms with E-state index in [-0.39, 0.29) is 0 Å². The molecule has 0 aromatic carbocycles. The molecule has 0 aliphatic carbocycles. The Kier molecular flexibility index (Phi) is 19.2. The van der Waals surface area contributed by atoms with Gasteiger partial charge in [-0.1, -0.05) is 96.5 Å². The predicted octanol–water partition coefficient (Wildman–Crippen LogP) is 3.02. The van der Waals surface area contributed by atoms with Crippen molar-refractivity contribution < 1.29 is 35.1 Å². The van der Waals surface area contributed by atoms with Gasteiger partial charge in [-0.2, -0.15) is 0 Å². The largest absolute Gasteiger partial charge is 0.479 e. The van der Waals surface area contributed by atoms with Crippen LogP contribution in [0.15, 0.2) is 12.3 Å². The van der Waals surface area contributed by atoms with Crippen LogP contribution in [-0.4, -0.2) is 61.8 Å². The van der Waals surface area contributed by atoms with Gasteiger partial charge in [0.05, 0.1) is 0 Å². The van der Waals surface area contributed by atoms with Crippen molar-refractivity contribution in [2.24, 2.45) is 0 Å². The zero-order valence-corrected chi connectivity index (χ0v) is 19.6. The highest BCUT2D eigenvalue weighted by Crippen LogP contribution is 2.13. The van der Waals surface area contributed by atoms with E-state index in [1.165, 1.54) is 83.2 Å². The Hall–Kier alpha value is -1.48. The summed E-state index contributed by atoms with van der Waals surface area (Å²) in [4.78, 5) is 22.3. The van der Waals surface area contributed by atoms with E-state index >= 15 is 0 Å². The van der Waals surface area contributed by atoms with Crippen LogP contribution < -0.4 is 5.32 Å². The fraction of sp³-hybridized carbons (Fsp3) is 0.833. The van der Waals surface area contributed by atoms with E-state index in [1.54, 1.807) is 6.08 Å². The molecule has 0 heterocycles. The normalized spacial score (nSPS) is 15.4. The van der Waals surface area contributed by atoms with Gasteiger partial charge in [-0.3, -0.25) is 4.79 Å². The first-order valence-electron chi connectivity index (χ1n) is 12.2. The van der Waals surface area contributed by atoms with Crippen molar-refractivity contribution in [2.75, 3.05) is 0 Å². The first kappa shape index (κ1) is 30.5. The molecule has 0 aliphatic heterocycles. The lowest BCUT2D eigenvalue weighted by molar-refractivity contribution is -0.166. The molecule has 4 atom stereocenters. The minimum absolute atomic E-state index is 0.761. The fourth-order valence-corrected chi connectivity index (χ4v) is 3.44. The van der Waals surface area contributed by atoms with Gasteiger partial charge in [0.25, 0.3) is 5.91 Å². The number of rotatable bonds is 21. The topological polar surface area (TPSA) is 147 Å². The van der Waals surface area contributed by atoms with E-state index in [4.69, 9.17) is 10.2 Å². The molecule has 8 heteroatoms. The second-order valence-electron chi connectivity index (χ2n) is 8.50. The maximum absolute atomic E-state index is 11.7. The third-order valence-corrected chi connectivity index (χ3v) is 5.59. The summed E-state index contributed by atoms with van der Waals surface area (Å²) < 4.78 is 0. The molecule has 0 bridgehead atoms. The van der Waals surface area contributed by atoms with Gasteiger partial charge in [0, 0.05) is 0 Å². The summed E-state index contributed by atoms with van der Waals surface area (Å²) in [6, 6.07) is 0. The highest BCUT2D eigenvalue weighted by atomic mass is 16.4. The van der Waals surface area contributed by atoms with Crippen LogP contribution in [0.2, 0.25) is 0 Å². The van der Waals surface area contributed by atoms with Crippen molar-refractivity contribution in [1.29, 1.82) is 0 Å². The van der Waals surface area contributed by atoms with Gasteiger partial charge in [0.15, 0.2) is 12.2 Å². The molecular weight excluding hydrogens is 414 g/mol. The Bertz CT molecular complexity index is 513. The number of hydrogen-bond donors (Lipinski definition) is 6. The average molecular weight is 460 g/mol. The van der Waals surface area contributed by atoms with Crippen LogP contribution in [0.5, 0.6) is 0 Å². The van der Waals surface area contributed by atoms with Gasteiger partial charge < -0.3 is 30.8 Å². The van der Waals surface area contributed by atoms with E-state index in [1.807, 2.05) is 0 Å². The minimum atomic E-state index is -2.30. The molecule has 0 saturated heterocycles. The number of unbranched alkanes of at least 4 members (excludes halogenated alkanes) is 14. The maximum atomic E-state index is 11.7. The van der Waals surface area contributed by atoms with Crippen molar-refractivity contribution in [3.63, 3.8) is 0 Å². The summed E-state index contributed by atoms with van der Waals surface area (Å²) in [5.41, 5.74) is 0. The van der Waals surface area contributed by atoms with Gasteiger partial charge >= 0.3 is 5.97 Å². The number of carbonyl (C=O) groups is 2. The summed E-state index contributed by atoms with van der Waals surface area (Å²) in [5.74, 6) is -2.76. The first-order valence-corrected chi connectivity index (χ1v) is 12.2. The Morgan fingerprint density at radius 1 is 0.688 bits per heavy atom. The maximum Gasteiger partial charge on any atom is 0.335 e. The number of amides is 1. The molecule has 0 aromatic heterocycles. The number of carboxylic acids is 1. The van der Waals surface area contributed by atoms with Gasteiger partial charge in [-0.05, 0) is 19.0 Å². The summed E-state index contributed by atoms with van der Waals surface area (Å²) in [6.45, 7) is 2.24. The molecule has 0 saturated carbocycles. The summed E-state index contributed by atoms with van der Waals surface area (Å²) >= 11 is 0. The van der Waals surface area contributed by atoms with Crippen LogP contribution in [0.25, 0.3) is 0 Å². The van der Waals surface area contributed by atoms with E-state index in [9.17, 15) is 24.9 Å². The monoisotopic (exact) mass is 459 g/mol. The van der Waals surface area contributed by atoms with Crippen molar-refractivity contribution >= 4 is 11.9 Å². The number of aliphatic carboxylic acids is 1. The molecule has 0 aliphatic rings. The Morgan fingerprint density at radius 2 is 1.09 bits per heavy atom.